The molecule has 0 spiro atoms. The maximum atomic E-state index is 11.9. The molecule has 0 bridgehead atoms. The van der Waals surface area contributed by atoms with Crippen LogP contribution in [0.2, 0.25) is 0 Å². The lowest BCUT2D eigenvalue weighted by Gasteiger charge is -2.07. The monoisotopic (exact) mass is 285 g/mol. The van der Waals surface area contributed by atoms with Crippen molar-refractivity contribution in [3.63, 3.8) is 0 Å². The van der Waals surface area contributed by atoms with Crippen LogP contribution in [0.5, 0.6) is 0 Å². The van der Waals surface area contributed by atoms with Crippen molar-refractivity contribution in [1.29, 1.82) is 0 Å². The molecule has 0 unspecified atom stereocenters. The normalized spacial score (nSPS) is 14.3. The standard InChI is InChI=1S/C16H19N3O2/c20-15(11-5-6-11)18-8-7-17-10-13-9-12-3-1-2-4-14(12)19-16(13)21/h1-4,9,11,17H,5-8,10H2,(H,18,20)(H,19,21). The summed E-state index contributed by atoms with van der Waals surface area (Å²) in [6.07, 6.45) is 2.04. The van der Waals surface area contributed by atoms with Gasteiger partial charge in [-0.15, -0.1) is 0 Å². The lowest BCUT2D eigenvalue weighted by Crippen LogP contribution is -2.33. The van der Waals surface area contributed by atoms with Gasteiger partial charge in [-0.3, -0.25) is 9.59 Å². The average Bonchev–Trinajstić information content (AvgIpc) is 3.31. The Bertz CT molecular complexity index is 704. The summed E-state index contributed by atoms with van der Waals surface area (Å²) in [7, 11) is 0. The minimum atomic E-state index is -0.0665. The van der Waals surface area contributed by atoms with Crippen LogP contribution in [-0.4, -0.2) is 24.0 Å². The molecule has 5 nitrogen and oxygen atoms in total. The van der Waals surface area contributed by atoms with Gasteiger partial charge in [-0.2, -0.15) is 0 Å². The molecule has 1 heterocycles. The molecule has 0 radical (unpaired) electrons. The van der Waals surface area contributed by atoms with Gasteiger partial charge in [0.05, 0.1) is 0 Å². The Morgan fingerprint density at radius 2 is 2.05 bits per heavy atom. The van der Waals surface area contributed by atoms with Crippen LogP contribution in [0.1, 0.15) is 18.4 Å². The molecule has 1 aromatic carbocycles. The van der Waals surface area contributed by atoms with Gasteiger partial charge in [0.25, 0.3) is 5.56 Å². The number of pyridine rings is 1. The van der Waals surface area contributed by atoms with Crippen LogP contribution in [0.4, 0.5) is 0 Å². The molecule has 1 aromatic heterocycles. The minimum Gasteiger partial charge on any atom is -0.355 e. The van der Waals surface area contributed by atoms with E-state index in [1.165, 1.54) is 0 Å². The van der Waals surface area contributed by atoms with Crippen LogP contribution in [0.15, 0.2) is 35.1 Å². The minimum absolute atomic E-state index is 0.0665. The van der Waals surface area contributed by atoms with E-state index in [1.54, 1.807) is 0 Å². The highest BCUT2D eigenvalue weighted by molar-refractivity contribution is 5.80. The molecule has 3 rings (SSSR count). The number of para-hydroxylation sites is 1. The highest BCUT2D eigenvalue weighted by atomic mass is 16.2. The Labute approximate surface area is 122 Å². The number of hydrogen-bond acceptors (Lipinski definition) is 3. The zero-order chi connectivity index (χ0) is 14.7. The van der Waals surface area contributed by atoms with Gasteiger partial charge < -0.3 is 15.6 Å². The largest absolute Gasteiger partial charge is 0.355 e. The molecule has 5 heteroatoms. The predicted molar refractivity (Wildman–Crippen MR) is 82.0 cm³/mol. The first-order chi connectivity index (χ1) is 10.2. The maximum absolute atomic E-state index is 11.9. The molecule has 1 saturated carbocycles. The van der Waals surface area contributed by atoms with Gasteiger partial charge in [0.2, 0.25) is 5.91 Å². The highest BCUT2D eigenvalue weighted by Crippen LogP contribution is 2.28. The Hall–Kier alpha value is -2.14. The summed E-state index contributed by atoms with van der Waals surface area (Å²) >= 11 is 0. The number of fused-ring (bicyclic) bond motifs is 1. The summed E-state index contributed by atoms with van der Waals surface area (Å²) in [5.74, 6) is 0.397. The van der Waals surface area contributed by atoms with Crippen molar-refractivity contribution in [3.8, 4) is 0 Å². The molecule has 2 aromatic rings. The van der Waals surface area contributed by atoms with E-state index in [0.717, 1.165) is 23.7 Å². The first-order valence-electron chi connectivity index (χ1n) is 7.33. The molecule has 110 valence electrons. The molecule has 1 amide bonds. The summed E-state index contributed by atoms with van der Waals surface area (Å²) in [6, 6.07) is 9.62. The van der Waals surface area contributed by atoms with Crippen LogP contribution >= 0.6 is 0 Å². The van der Waals surface area contributed by atoms with Crippen molar-refractivity contribution in [1.82, 2.24) is 15.6 Å². The summed E-state index contributed by atoms with van der Waals surface area (Å²) in [4.78, 5) is 26.3. The van der Waals surface area contributed by atoms with Gasteiger partial charge in [0, 0.05) is 36.6 Å². The maximum Gasteiger partial charge on any atom is 0.252 e. The average molecular weight is 285 g/mol. The lowest BCUT2D eigenvalue weighted by atomic mass is 10.1. The topological polar surface area (TPSA) is 74.0 Å². The van der Waals surface area contributed by atoms with Crippen molar-refractivity contribution in [2.75, 3.05) is 13.1 Å². The molecule has 0 saturated heterocycles. The number of hydrogen-bond donors (Lipinski definition) is 3. The van der Waals surface area contributed by atoms with Crippen LogP contribution in [0.25, 0.3) is 10.9 Å². The van der Waals surface area contributed by atoms with Gasteiger partial charge >= 0.3 is 0 Å². The second kappa shape index (κ2) is 6.10. The molecule has 1 aliphatic carbocycles. The van der Waals surface area contributed by atoms with Crippen molar-refractivity contribution >= 4 is 16.8 Å². The number of benzene rings is 1. The van der Waals surface area contributed by atoms with E-state index in [2.05, 4.69) is 15.6 Å². The fourth-order valence-electron chi connectivity index (χ4n) is 2.31. The van der Waals surface area contributed by atoms with Crippen LogP contribution in [0.3, 0.4) is 0 Å². The third kappa shape index (κ3) is 3.49. The Balaban J connectivity index is 1.51. The zero-order valence-electron chi connectivity index (χ0n) is 11.8. The quantitative estimate of drug-likeness (QED) is 0.697. The van der Waals surface area contributed by atoms with E-state index >= 15 is 0 Å². The summed E-state index contributed by atoms with van der Waals surface area (Å²) in [5, 5.41) is 7.10. The summed E-state index contributed by atoms with van der Waals surface area (Å²) in [6.45, 7) is 1.75. The number of carbonyl (C=O) groups is 1. The number of H-pyrrole nitrogens is 1. The molecular formula is C16H19N3O2. The van der Waals surface area contributed by atoms with Gasteiger partial charge in [-0.05, 0) is 30.4 Å². The first-order valence-corrected chi connectivity index (χ1v) is 7.33. The second-order valence-corrected chi connectivity index (χ2v) is 5.45. The highest BCUT2D eigenvalue weighted by Gasteiger charge is 2.28. The van der Waals surface area contributed by atoms with E-state index in [-0.39, 0.29) is 17.4 Å². The summed E-state index contributed by atoms with van der Waals surface area (Å²) < 4.78 is 0. The van der Waals surface area contributed by atoms with Crippen molar-refractivity contribution in [2.45, 2.75) is 19.4 Å². The Kier molecular flexibility index (Phi) is 4.01. The number of carbonyl (C=O) groups excluding carboxylic acids is 1. The van der Waals surface area contributed by atoms with Gasteiger partial charge in [-0.1, -0.05) is 18.2 Å². The Morgan fingerprint density at radius 1 is 1.24 bits per heavy atom. The molecule has 3 N–H and O–H groups in total. The fraction of sp³-hybridized carbons (Fsp3) is 0.375. The number of aromatic amines is 1. The van der Waals surface area contributed by atoms with Gasteiger partial charge in [0.1, 0.15) is 0 Å². The van der Waals surface area contributed by atoms with E-state index in [9.17, 15) is 9.59 Å². The molecule has 0 aliphatic heterocycles. The second-order valence-electron chi connectivity index (χ2n) is 5.45. The fourth-order valence-corrected chi connectivity index (χ4v) is 2.31. The predicted octanol–water partition coefficient (Wildman–Crippen LogP) is 1.14. The zero-order valence-corrected chi connectivity index (χ0v) is 11.8. The first kappa shape index (κ1) is 13.8. The van der Waals surface area contributed by atoms with Crippen molar-refractivity contribution in [2.24, 2.45) is 5.92 Å². The smallest absolute Gasteiger partial charge is 0.252 e. The van der Waals surface area contributed by atoms with Crippen molar-refractivity contribution < 1.29 is 4.79 Å². The van der Waals surface area contributed by atoms with E-state index in [4.69, 9.17) is 0 Å². The molecule has 1 aliphatic rings. The number of rotatable bonds is 6. The summed E-state index contributed by atoms with van der Waals surface area (Å²) in [5.41, 5.74) is 1.49. The van der Waals surface area contributed by atoms with E-state index < -0.39 is 0 Å². The number of nitrogens with one attached hydrogen (secondary N) is 3. The third-order valence-electron chi connectivity index (χ3n) is 3.69. The van der Waals surface area contributed by atoms with Gasteiger partial charge in [0.15, 0.2) is 0 Å². The van der Waals surface area contributed by atoms with E-state index in [1.807, 2.05) is 30.3 Å². The number of aromatic nitrogens is 1. The van der Waals surface area contributed by atoms with Gasteiger partial charge in [-0.25, -0.2) is 0 Å². The van der Waals surface area contributed by atoms with E-state index in [0.29, 0.717) is 25.2 Å². The van der Waals surface area contributed by atoms with Crippen LogP contribution < -0.4 is 16.2 Å². The SMILES string of the molecule is O=C(NCCNCc1cc2ccccc2[nH]c1=O)C1CC1. The Morgan fingerprint density at radius 3 is 2.86 bits per heavy atom. The van der Waals surface area contributed by atoms with Crippen LogP contribution in [-0.2, 0) is 11.3 Å². The third-order valence-corrected chi connectivity index (χ3v) is 3.69. The lowest BCUT2D eigenvalue weighted by molar-refractivity contribution is -0.122. The molecule has 1 fully saturated rings. The van der Waals surface area contributed by atoms with Crippen molar-refractivity contribution in [3.05, 3.63) is 46.2 Å². The number of amides is 1. The molecule has 0 atom stereocenters. The van der Waals surface area contributed by atoms with Crippen LogP contribution in [0, 0.1) is 5.92 Å². The molecular weight excluding hydrogens is 266 g/mol. The molecule has 21 heavy (non-hydrogen) atoms.